The molecule has 114 valence electrons. The highest BCUT2D eigenvalue weighted by atomic mass is 15.3. The van der Waals surface area contributed by atoms with Crippen LogP contribution in [0.5, 0.6) is 0 Å². The Morgan fingerprint density at radius 2 is 2.00 bits per heavy atom. The van der Waals surface area contributed by atoms with Gasteiger partial charge in [0.15, 0.2) is 0 Å². The van der Waals surface area contributed by atoms with Gasteiger partial charge >= 0.3 is 0 Å². The standard InChI is InChI=1S/C18H22N4/c1-4-15-14(3)21-17-8-6-5-7-16(17)18(15)19-9-10-22-12-13(2)11-20-22/h5-8,11-12H,4,9-10H2,1-3H3,(H,19,21). The molecule has 4 nitrogen and oxygen atoms in total. The van der Waals surface area contributed by atoms with E-state index >= 15 is 0 Å². The van der Waals surface area contributed by atoms with E-state index < -0.39 is 0 Å². The molecule has 1 aromatic carbocycles. The molecule has 3 aromatic rings. The number of aryl methyl sites for hydroxylation is 2. The van der Waals surface area contributed by atoms with E-state index in [1.165, 1.54) is 22.2 Å². The van der Waals surface area contributed by atoms with Crippen LogP contribution in [0, 0.1) is 13.8 Å². The van der Waals surface area contributed by atoms with Crippen LogP contribution in [0.2, 0.25) is 0 Å². The number of nitrogens with zero attached hydrogens (tertiary/aromatic N) is 3. The summed E-state index contributed by atoms with van der Waals surface area (Å²) in [5.74, 6) is 0. The Labute approximate surface area is 131 Å². The minimum absolute atomic E-state index is 0.849. The van der Waals surface area contributed by atoms with E-state index in [-0.39, 0.29) is 0 Å². The second-order valence-corrected chi connectivity index (χ2v) is 5.63. The average Bonchev–Trinajstić information content (AvgIpc) is 2.92. The van der Waals surface area contributed by atoms with Crippen LogP contribution in [-0.4, -0.2) is 21.3 Å². The Balaban J connectivity index is 1.88. The summed E-state index contributed by atoms with van der Waals surface area (Å²) in [5, 5.41) is 9.13. The van der Waals surface area contributed by atoms with E-state index in [1.807, 2.05) is 16.9 Å². The zero-order valence-corrected chi connectivity index (χ0v) is 13.4. The van der Waals surface area contributed by atoms with Crippen molar-refractivity contribution < 1.29 is 0 Å². The fraction of sp³-hybridized carbons (Fsp3) is 0.333. The highest BCUT2D eigenvalue weighted by Gasteiger charge is 2.10. The van der Waals surface area contributed by atoms with Crippen LogP contribution in [0.15, 0.2) is 36.7 Å². The molecule has 0 aliphatic heterocycles. The first-order chi connectivity index (χ1) is 10.7. The number of para-hydroxylation sites is 1. The van der Waals surface area contributed by atoms with E-state index in [2.05, 4.69) is 55.6 Å². The molecule has 0 bridgehead atoms. The van der Waals surface area contributed by atoms with Crippen molar-refractivity contribution in [3.8, 4) is 0 Å². The Bertz CT molecular complexity index is 789. The summed E-state index contributed by atoms with van der Waals surface area (Å²) in [6, 6.07) is 8.32. The van der Waals surface area contributed by atoms with Gasteiger partial charge in [0.1, 0.15) is 0 Å². The van der Waals surface area contributed by atoms with Crippen LogP contribution < -0.4 is 5.32 Å². The van der Waals surface area contributed by atoms with Crippen LogP contribution in [-0.2, 0) is 13.0 Å². The number of fused-ring (bicyclic) bond motifs is 1. The Morgan fingerprint density at radius 3 is 2.73 bits per heavy atom. The van der Waals surface area contributed by atoms with Crippen molar-refractivity contribution in [1.82, 2.24) is 14.8 Å². The predicted octanol–water partition coefficient (Wildman–Crippen LogP) is 3.72. The maximum atomic E-state index is 4.72. The molecule has 2 aromatic heterocycles. The Hall–Kier alpha value is -2.36. The van der Waals surface area contributed by atoms with Gasteiger partial charge in [-0.15, -0.1) is 0 Å². The fourth-order valence-corrected chi connectivity index (χ4v) is 2.89. The largest absolute Gasteiger partial charge is 0.382 e. The average molecular weight is 294 g/mol. The maximum absolute atomic E-state index is 4.72. The van der Waals surface area contributed by atoms with Gasteiger partial charge in [0.05, 0.1) is 18.3 Å². The van der Waals surface area contributed by atoms with Crippen LogP contribution in [0.25, 0.3) is 10.9 Å². The predicted molar refractivity (Wildman–Crippen MR) is 91.3 cm³/mol. The van der Waals surface area contributed by atoms with Gasteiger partial charge < -0.3 is 5.32 Å². The normalized spacial score (nSPS) is 11.0. The smallest absolute Gasteiger partial charge is 0.0726 e. The zero-order chi connectivity index (χ0) is 15.5. The number of benzene rings is 1. The van der Waals surface area contributed by atoms with Crippen LogP contribution in [0.3, 0.4) is 0 Å². The minimum Gasteiger partial charge on any atom is -0.382 e. The van der Waals surface area contributed by atoms with Gasteiger partial charge in [0.25, 0.3) is 0 Å². The minimum atomic E-state index is 0.849. The van der Waals surface area contributed by atoms with Crippen LogP contribution >= 0.6 is 0 Å². The highest BCUT2D eigenvalue weighted by Crippen LogP contribution is 2.28. The first-order valence-electron chi connectivity index (χ1n) is 7.80. The molecule has 22 heavy (non-hydrogen) atoms. The van der Waals surface area contributed by atoms with Gasteiger partial charge in [-0.2, -0.15) is 5.10 Å². The van der Waals surface area contributed by atoms with Gasteiger partial charge in [-0.05, 0) is 37.5 Å². The van der Waals surface area contributed by atoms with Gasteiger partial charge in [-0.25, -0.2) is 0 Å². The molecule has 0 spiro atoms. The van der Waals surface area contributed by atoms with E-state index in [0.717, 1.165) is 30.7 Å². The summed E-state index contributed by atoms with van der Waals surface area (Å²) in [6.45, 7) is 8.04. The molecule has 0 unspecified atom stereocenters. The van der Waals surface area contributed by atoms with Crippen molar-refractivity contribution in [1.29, 1.82) is 0 Å². The van der Waals surface area contributed by atoms with Gasteiger partial charge in [0.2, 0.25) is 0 Å². The molecular weight excluding hydrogens is 272 g/mol. The molecule has 4 heteroatoms. The Morgan fingerprint density at radius 1 is 1.18 bits per heavy atom. The summed E-state index contributed by atoms with van der Waals surface area (Å²) in [6.07, 6.45) is 4.94. The van der Waals surface area contributed by atoms with E-state index in [1.54, 1.807) is 0 Å². The second-order valence-electron chi connectivity index (χ2n) is 5.63. The molecule has 0 fully saturated rings. The molecule has 0 aliphatic rings. The first-order valence-corrected chi connectivity index (χ1v) is 7.80. The quantitative estimate of drug-likeness (QED) is 0.780. The van der Waals surface area contributed by atoms with Crippen molar-refractivity contribution in [3.63, 3.8) is 0 Å². The lowest BCUT2D eigenvalue weighted by Crippen LogP contribution is -2.13. The zero-order valence-electron chi connectivity index (χ0n) is 13.4. The van der Waals surface area contributed by atoms with Crippen molar-refractivity contribution in [2.45, 2.75) is 33.7 Å². The van der Waals surface area contributed by atoms with Crippen LogP contribution in [0.4, 0.5) is 5.69 Å². The molecule has 0 amide bonds. The van der Waals surface area contributed by atoms with Crippen molar-refractivity contribution in [2.24, 2.45) is 0 Å². The number of rotatable bonds is 5. The van der Waals surface area contributed by atoms with Crippen molar-refractivity contribution >= 4 is 16.6 Å². The number of nitrogens with one attached hydrogen (secondary N) is 1. The monoisotopic (exact) mass is 294 g/mol. The molecule has 0 saturated carbocycles. The lowest BCUT2D eigenvalue weighted by molar-refractivity contribution is 0.637. The molecule has 2 heterocycles. The molecule has 3 rings (SSSR count). The molecule has 1 N–H and O–H groups in total. The SMILES string of the molecule is CCc1c(C)nc2ccccc2c1NCCn1cc(C)cn1. The van der Waals surface area contributed by atoms with E-state index in [0.29, 0.717) is 0 Å². The molecule has 0 aliphatic carbocycles. The lowest BCUT2D eigenvalue weighted by Gasteiger charge is -2.16. The van der Waals surface area contributed by atoms with E-state index in [9.17, 15) is 0 Å². The number of hydrogen-bond donors (Lipinski definition) is 1. The highest BCUT2D eigenvalue weighted by molar-refractivity contribution is 5.93. The maximum Gasteiger partial charge on any atom is 0.0726 e. The summed E-state index contributed by atoms with van der Waals surface area (Å²) < 4.78 is 1.98. The fourth-order valence-electron chi connectivity index (χ4n) is 2.89. The summed E-state index contributed by atoms with van der Waals surface area (Å²) >= 11 is 0. The second kappa shape index (κ2) is 6.18. The van der Waals surface area contributed by atoms with Crippen molar-refractivity contribution in [2.75, 3.05) is 11.9 Å². The third-order valence-corrected chi connectivity index (χ3v) is 3.96. The third-order valence-electron chi connectivity index (χ3n) is 3.96. The van der Waals surface area contributed by atoms with Crippen LogP contribution in [0.1, 0.15) is 23.7 Å². The summed E-state index contributed by atoms with van der Waals surface area (Å²) in [4.78, 5) is 4.72. The van der Waals surface area contributed by atoms with Crippen molar-refractivity contribution in [3.05, 3.63) is 53.5 Å². The Kier molecular flexibility index (Phi) is 4.09. The molecule has 0 atom stereocenters. The third kappa shape index (κ3) is 2.82. The summed E-state index contributed by atoms with van der Waals surface area (Å²) in [5.41, 5.74) is 5.87. The lowest BCUT2D eigenvalue weighted by atomic mass is 10.0. The topological polar surface area (TPSA) is 42.7 Å². The van der Waals surface area contributed by atoms with Gasteiger partial charge in [0, 0.05) is 29.5 Å². The van der Waals surface area contributed by atoms with Gasteiger partial charge in [-0.3, -0.25) is 9.67 Å². The number of anilines is 1. The molecule has 0 saturated heterocycles. The first kappa shape index (κ1) is 14.6. The number of aromatic nitrogens is 3. The molecular formula is C18H22N4. The number of pyridine rings is 1. The number of hydrogen-bond acceptors (Lipinski definition) is 3. The van der Waals surface area contributed by atoms with Gasteiger partial charge in [-0.1, -0.05) is 25.1 Å². The van der Waals surface area contributed by atoms with E-state index in [4.69, 9.17) is 4.98 Å². The summed E-state index contributed by atoms with van der Waals surface area (Å²) in [7, 11) is 0. The molecule has 0 radical (unpaired) electrons.